The smallest absolute Gasteiger partial charge is 0.333 e. The lowest BCUT2D eigenvalue weighted by molar-refractivity contribution is -0.134. The van der Waals surface area contributed by atoms with Crippen molar-refractivity contribution in [2.45, 2.75) is 0 Å². The fourth-order valence-electron chi connectivity index (χ4n) is 1.71. The summed E-state index contributed by atoms with van der Waals surface area (Å²) in [7, 11) is 0. The molecule has 1 aliphatic rings. The standard InChI is InChI=1S/C11H7ClN2O2/c12-7-1-2-9-10(3-7)14(6-13-9)8-4-11(15)16-5-8/h1-4,6H,5H2. The van der Waals surface area contributed by atoms with Gasteiger partial charge < -0.3 is 4.74 Å². The highest BCUT2D eigenvalue weighted by Crippen LogP contribution is 2.23. The number of esters is 1. The molecule has 80 valence electrons. The SMILES string of the molecule is O=C1C=C(n2cnc3ccc(Cl)cc32)CO1. The number of carbonyl (C=O) groups is 1. The highest BCUT2D eigenvalue weighted by Gasteiger charge is 2.16. The summed E-state index contributed by atoms with van der Waals surface area (Å²) in [6.07, 6.45) is 3.12. The molecule has 1 aromatic carbocycles. The lowest BCUT2D eigenvalue weighted by atomic mass is 10.3. The highest BCUT2D eigenvalue weighted by molar-refractivity contribution is 6.31. The second-order valence-corrected chi connectivity index (χ2v) is 3.93. The average molecular weight is 235 g/mol. The van der Waals surface area contributed by atoms with Crippen LogP contribution in [-0.4, -0.2) is 22.1 Å². The predicted molar refractivity (Wildman–Crippen MR) is 60.0 cm³/mol. The molecule has 0 unspecified atom stereocenters. The van der Waals surface area contributed by atoms with Crippen molar-refractivity contribution in [3.63, 3.8) is 0 Å². The van der Waals surface area contributed by atoms with Gasteiger partial charge in [-0.3, -0.25) is 4.57 Å². The number of fused-ring (bicyclic) bond motifs is 1. The normalized spacial score (nSPS) is 15.3. The summed E-state index contributed by atoms with van der Waals surface area (Å²) in [4.78, 5) is 15.2. The van der Waals surface area contributed by atoms with Crippen molar-refractivity contribution in [3.05, 3.63) is 35.6 Å². The zero-order valence-electron chi connectivity index (χ0n) is 8.18. The zero-order chi connectivity index (χ0) is 11.1. The van der Waals surface area contributed by atoms with Crippen LogP contribution in [0, 0.1) is 0 Å². The third-order valence-corrected chi connectivity index (χ3v) is 2.70. The molecule has 0 saturated heterocycles. The van der Waals surface area contributed by atoms with Gasteiger partial charge in [0.15, 0.2) is 0 Å². The molecule has 2 heterocycles. The van der Waals surface area contributed by atoms with Gasteiger partial charge in [0, 0.05) is 11.1 Å². The third kappa shape index (κ3) is 1.39. The van der Waals surface area contributed by atoms with Gasteiger partial charge in [0.1, 0.15) is 12.9 Å². The van der Waals surface area contributed by atoms with E-state index < -0.39 is 0 Å². The first-order valence-corrected chi connectivity index (χ1v) is 5.12. The van der Waals surface area contributed by atoms with E-state index in [-0.39, 0.29) is 12.6 Å². The molecule has 16 heavy (non-hydrogen) atoms. The summed E-state index contributed by atoms with van der Waals surface area (Å²) in [5, 5.41) is 0.639. The maximum absolute atomic E-state index is 11.0. The summed E-state index contributed by atoms with van der Waals surface area (Å²) >= 11 is 5.92. The van der Waals surface area contributed by atoms with Gasteiger partial charge in [0.05, 0.1) is 16.7 Å². The maximum atomic E-state index is 11.0. The summed E-state index contributed by atoms with van der Waals surface area (Å²) in [6.45, 7) is 0.275. The molecule has 1 aromatic heterocycles. The lowest BCUT2D eigenvalue weighted by Gasteiger charge is -2.02. The Hall–Kier alpha value is -1.81. The van der Waals surface area contributed by atoms with Crippen LogP contribution in [0.4, 0.5) is 0 Å². The highest BCUT2D eigenvalue weighted by atomic mass is 35.5. The summed E-state index contributed by atoms with van der Waals surface area (Å²) in [5.41, 5.74) is 2.48. The van der Waals surface area contributed by atoms with Crippen LogP contribution in [-0.2, 0) is 9.53 Å². The number of ether oxygens (including phenoxy) is 1. The monoisotopic (exact) mass is 234 g/mol. The molecule has 0 amide bonds. The number of cyclic esters (lactones) is 1. The van der Waals surface area contributed by atoms with Crippen LogP contribution < -0.4 is 0 Å². The topological polar surface area (TPSA) is 44.1 Å². The Balaban J connectivity index is 2.21. The summed E-state index contributed by atoms with van der Waals surface area (Å²) in [5.74, 6) is -0.320. The molecule has 4 nitrogen and oxygen atoms in total. The van der Waals surface area contributed by atoms with E-state index in [0.717, 1.165) is 16.7 Å². The Morgan fingerprint density at radius 1 is 1.44 bits per heavy atom. The Labute approximate surface area is 96.1 Å². The molecule has 5 heteroatoms. The van der Waals surface area contributed by atoms with Crippen molar-refractivity contribution in [2.75, 3.05) is 6.61 Å². The number of aromatic nitrogens is 2. The number of nitrogens with zero attached hydrogens (tertiary/aromatic N) is 2. The van der Waals surface area contributed by atoms with Crippen LogP contribution >= 0.6 is 11.6 Å². The Morgan fingerprint density at radius 2 is 2.31 bits per heavy atom. The fourth-order valence-corrected chi connectivity index (χ4v) is 1.88. The van der Waals surface area contributed by atoms with Gasteiger partial charge in [-0.2, -0.15) is 0 Å². The molecule has 0 bridgehead atoms. The van der Waals surface area contributed by atoms with Crippen molar-refractivity contribution in [3.8, 4) is 0 Å². The Bertz CT molecular complexity index is 615. The molecule has 2 aromatic rings. The van der Waals surface area contributed by atoms with E-state index in [0.29, 0.717) is 5.02 Å². The molecule has 0 atom stereocenters. The van der Waals surface area contributed by atoms with Crippen molar-refractivity contribution in [2.24, 2.45) is 0 Å². The van der Waals surface area contributed by atoms with Crippen molar-refractivity contribution < 1.29 is 9.53 Å². The summed E-state index contributed by atoms with van der Waals surface area (Å²) in [6, 6.07) is 5.44. The molecule has 0 N–H and O–H groups in total. The molecule has 0 fully saturated rings. The van der Waals surface area contributed by atoms with Crippen LogP contribution in [0.5, 0.6) is 0 Å². The largest absolute Gasteiger partial charge is 0.456 e. The molecular weight excluding hydrogens is 228 g/mol. The number of carbonyl (C=O) groups excluding carboxylic acids is 1. The number of imidazole rings is 1. The van der Waals surface area contributed by atoms with Gasteiger partial charge >= 0.3 is 5.97 Å². The number of benzene rings is 1. The van der Waals surface area contributed by atoms with Gasteiger partial charge in [-0.15, -0.1) is 0 Å². The Morgan fingerprint density at radius 3 is 3.06 bits per heavy atom. The number of rotatable bonds is 1. The van der Waals surface area contributed by atoms with E-state index in [1.807, 2.05) is 16.7 Å². The Kier molecular flexibility index (Phi) is 1.97. The van der Waals surface area contributed by atoms with Gasteiger partial charge in [0.2, 0.25) is 0 Å². The minimum absolute atomic E-state index is 0.275. The lowest BCUT2D eigenvalue weighted by Crippen LogP contribution is -1.97. The molecule has 1 aliphatic heterocycles. The van der Waals surface area contributed by atoms with Crippen molar-refractivity contribution in [1.82, 2.24) is 9.55 Å². The minimum atomic E-state index is -0.320. The van der Waals surface area contributed by atoms with Gasteiger partial charge in [-0.1, -0.05) is 11.6 Å². The predicted octanol–water partition coefficient (Wildman–Crippen LogP) is 2.09. The average Bonchev–Trinajstić information content (AvgIpc) is 2.83. The zero-order valence-corrected chi connectivity index (χ0v) is 8.94. The van der Waals surface area contributed by atoms with E-state index >= 15 is 0 Å². The van der Waals surface area contributed by atoms with Crippen molar-refractivity contribution in [1.29, 1.82) is 0 Å². The first-order chi connectivity index (χ1) is 7.74. The van der Waals surface area contributed by atoms with Gasteiger partial charge in [-0.25, -0.2) is 9.78 Å². The van der Waals surface area contributed by atoms with E-state index in [1.165, 1.54) is 6.08 Å². The number of hydrogen-bond acceptors (Lipinski definition) is 3. The van der Waals surface area contributed by atoms with Gasteiger partial charge in [0.25, 0.3) is 0 Å². The van der Waals surface area contributed by atoms with E-state index in [4.69, 9.17) is 16.3 Å². The molecule has 0 spiro atoms. The maximum Gasteiger partial charge on any atom is 0.333 e. The second-order valence-electron chi connectivity index (χ2n) is 3.49. The third-order valence-electron chi connectivity index (χ3n) is 2.47. The molecule has 3 rings (SSSR count). The molecule has 0 aliphatic carbocycles. The van der Waals surface area contributed by atoms with Crippen LogP contribution in [0.2, 0.25) is 5.02 Å². The first-order valence-electron chi connectivity index (χ1n) is 4.74. The second kappa shape index (κ2) is 3.35. The van der Waals surface area contributed by atoms with E-state index in [9.17, 15) is 4.79 Å². The van der Waals surface area contributed by atoms with Crippen LogP contribution in [0.15, 0.2) is 30.6 Å². The first kappa shape index (κ1) is 9.42. The van der Waals surface area contributed by atoms with Crippen molar-refractivity contribution >= 4 is 34.3 Å². The number of halogens is 1. The van der Waals surface area contributed by atoms with E-state index in [1.54, 1.807) is 12.4 Å². The van der Waals surface area contributed by atoms with Gasteiger partial charge in [-0.05, 0) is 18.2 Å². The molecule has 0 radical (unpaired) electrons. The molecule has 0 saturated carbocycles. The van der Waals surface area contributed by atoms with Crippen LogP contribution in [0.3, 0.4) is 0 Å². The molecular formula is C11H7ClN2O2. The summed E-state index contributed by atoms with van der Waals surface area (Å²) < 4.78 is 6.67. The minimum Gasteiger partial charge on any atom is -0.456 e. The van der Waals surface area contributed by atoms with E-state index in [2.05, 4.69) is 4.98 Å². The van der Waals surface area contributed by atoms with Crippen LogP contribution in [0.25, 0.3) is 16.7 Å². The van der Waals surface area contributed by atoms with Crippen LogP contribution in [0.1, 0.15) is 0 Å². The number of hydrogen-bond donors (Lipinski definition) is 0. The fraction of sp³-hybridized carbons (Fsp3) is 0.0909. The quantitative estimate of drug-likeness (QED) is 0.710.